The molecule has 0 unspecified atom stereocenters. The molecule has 0 spiro atoms. The molecule has 0 radical (unpaired) electrons. The third-order valence-electron chi connectivity index (χ3n) is 3.64. The molecule has 2 aromatic carbocycles. The van der Waals surface area contributed by atoms with Crippen LogP contribution in [0.3, 0.4) is 0 Å². The number of hydrogen-bond donors (Lipinski definition) is 1. The van der Waals surface area contributed by atoms with Gasteiger partial charge in [-0.05, 0) is 34.7 Å². The molecule has 102 valence electrons. The Morgan fingerprint density at radius 3 is 2.55 bits per heavy atom. The number of carboxylic acid groups (broad SMARTS) is 1. The van der Waals surface area contributed by atoms with Crippen molar-refractivity contribution in [2.75, 3.05) is 13.2 Å². The number of Topliss-reactive ketones (excluding diaryl/α,β-unsaturated/α-hetero) is 1. The highest BCUT2D eigenvalue weighted by Gasteiger charge is 2.18. The van der Waals surface area contributed by atoms with Crippen molar-refractivity contribution in [1.82, 2.24) is 0 Å². The molecule has 1 N–H and O–H groups in total. The third kappa shape index (κ3) is 2.18. The summed E-state index contributed by atoms with van der Waals surface area (Å²) in [5.41, 5.74) is 3.16. The summed E-state index contributed by atoms with van der Waals surface area (Å²) < 4.78 is 4.89. The number of ketones is 1. The zero-order valence-electron chi connectivity index (χ0n) is 10.9. The summed E-state index contributed by atoms with van der Waals surface area (Å²) in [6.07, 6.45) is 2.03. The summed E-state index contributed by atoms with van der Waals surface area (Å²) in [6, 6.07) is 9.80. The molecule has 2 aromatic rings. The summed E-state index contributed by atoms with van der Waals surface area (Å²) in [5.74, 6) is -1.25. The van der Waals surface area contributed by atoms with Crippen molar-refractivity contribution < 1.29 is 19.4 Å². The lowest BCUT2D eigenvalue weighted by Gasteiger charge is -2.08. The molecule has 1 aliphatic rings. The number of benzene rings is 2. The quantitative estimate of drug-likeness (QED) is 0.846. The standard InChI is InChI=1S/C16H14O4/c17-14(8-20-9-15(18)19)12-7-6-11-5-4-10-2-1-3-13(12)16(10)11/h1-3,6-7H,4-5,8-9H2,(H,18,19). The fourth-order valence-electron chi connectivity index (χ4n) is 2.80. The van der Waals surface area contributed by atoms with Gasteiger partial charge in [-0.1, -0.05) is 30.3 Å². The Labute approximate surface area is 116 Å². The Morgan fingerprint density at radius 1 is 1.05 bits per heavy atom. The van der Waals surface area contributed by atoms with Gasteiger partial charge >= 0.3 is 5.97 Å². The molecule has 4 nitrogen and oxygen atoms in total. The van der Waals surface area contributed by atoms with Crippen LogP contribution in [-0.2, 0) is 22.4 Å². The predicted octanol–water partition coefficient (Wildman–Crippen LogP) is 2.22. The molecular formula is C16H14O4. The molecule has 1 aliphatic carbocycles. The first-order valence-electron chi connectivity index (χ1n) is 6.53. The lowest BCUT2D eigenvalue weighted by Crippen LogP contribution is -2.14. The molecular weight excluding hydrogens is 256 g/mol. The minimum absolute atomic E-state index is 0.179. The number of rotatable bonds is 5. The van der Waals surface area contributed by atoms with Crippen molar-refractivity contribution in [3.8, 4) is 0 Å². The molecule has 3 rings (SSSR count). The lowest BCUT2D eigenvalue weighted by molar-refractivity contribution is -0.141. The number of carbonyl (C=O) groups is 2. The van der Waals surface area contributed by atoms with Gasteiger partial charge < -0.3 is 9.84 Å². The normalized spacial score (nSPS) is 12.8. The van der Waals surface area contributed by atoms with E-state index in [0.29, 0.717) is 5.56 Å². The zero-order chi connectivity index (χ0) is 14.1. The van der Waals surface area contributed by atoms with Gasteiger partial charge in [-0.25, -0.2) is 4.79 Å². The SMILES string of the molecule is O=C(O)COCC(=O)c1ccc2c3c(cccc13)CC2. The fraction of sp³-hybridized carbons (Fsp3) is 0.250. The number of carbonyl (C=O) groups excluding carboxylic acids is 1. The number of aryl methyl sites for hydroxylation is 2. The summed E-state index contributed by atoms with van der Waals surface area (Å²) in [4.78, 5) is 22.6. The van der Waals surface area contributed by atoms with Gasteiger partial charge in [0.2, 0.25) is 0 Å². The minimum Gasteiger partial charge on any atom is -0.480 e. The van der Waals surface area contributed by atoms with Gasteiger partial charge in [0, 0.05) is 5.56 Å². The highest BCUT2D eigenvalue weighted by Crippen LogP contribution is 2.32. The molecule has 0 bridgehead atoms. The molecule has 0 aliphatic heterocycles. The number of ether oxygens (including phenoxy) is 1. The maximum atomic E-state index is 12.2. The lowest BCUT2D eigenvalue weighted by atomic mass is 9.98. The van der Waals surface area contributed by atoms with E-state index < -0.39 is 12.6 Å². The van der Waals surface area contributed by atoms with Crippen molar-refractivity contribution in [3.63, 3.8) is 0 Å². The van der Waals surface area contributed by atoms with Crippen molar-refractivity contribution in [2.24, 2.45) is 0 Å². The third-order valence-corrected chi connectivity index (χ3v) is 3.64. The molecule has 20 heavy (non-hydrogen) atoms. The summed E-state index contributed by atoms with van der Waals surface area (Å²) in [7, 11) is 0. The van der Waals surface area contributed by atoms with Crippen LogP contribution in [0.25, 0.3) is 10.8 Å². The molecule has 0 atom stereocenters. The van der Waals surface area contributed by atoms with Gasteiger partial charge in [0.05, 0.1) is 0 Å². The first kappa shape index (κ1) is 12.8. The maximum absolute atomic E-state index is 12.2. The number of hydrogen-bond acceptors (Lipinski definition) is 3. The smallest absolute Gasteiger partial charge is 0.329 e. The van der Waals surface area contributed by atoms with E-state index in [4.69, 9.17) is 9.84 Å². The second-order valence-corrected chi connectivity index (χ2v) is 4.92. The first-order valence-corrected chi connectivity index (χ1v) is 6.53. The monoisotopic (exact) mass is 270 g/mol. The second-order valence-electron chi connectivity index (χ2n) is 4.92. The van der Waals surface area contributed by atoms with Gasteiger partial charge in [0.1, 0.15) is 13.2 Å². The number of carboxylic acids is 1. The Kier molecular flexibility index (Phi) is 3.24. The van der Waals surface area contributed by atoms with E-state index >= 15 is 0 Å². The van der Waals surface area contributed by atoms with Crippen LogP contribution in [0, 0.1) is 0 Å². The minimum atomic E-state index is -1.07. The maximum Gasteiger partial charge on any atom is 0.329 e. The molecule has 0 amide bonds. The van der Waals surface area contributed by atoms with Crippen LogP contribution in [0.5, 0.6) is 0 Å². The average molecular weight is 270 g/mol. The van der Waals surface area contributed by atoms with Gasteiger partial charge in [0.15, 0.2) is 5.78 Å². The number of aliphatic carboxylic acids is 1. The first-order chi connectivity index (χ1) is 9.66. The molecule has 0 heterocycles. The highest BCUT2D eigenvalue weighted by atomic mass is 16.5. The van der Waals surface area contributed by atoms with Crippen LogP contribution >= 0.6 is 0 Å². The second kappa shape index (κ2) is 5.06. The van der Waals surface area contributed by atoms with Crippen LogP contribution in [0.15, 0.2) is 30.3 Å². The highest BCUT2D eigenvalue weighted by molar-refractivity contribution is 6.10. The van der Waals surface area contributed by atoms with Crippen LogP contribution in [0.4, 0.5) is 0 Å². The topological polar surface area (TPSA) is 63.6 Å². The molecule has 0 saturated heterocycles. The van der Waals surface area contributed by atoms with Crippen molar-refractivity contribution >= 4 is 22.5 Å². The van der Waals surface area contributed by atoms with Crippen LogP contribution in [0.1, 0.15) is 21.5 Å². The van der Waals surface area contributed by atoms with Crippen molar-refractivity contribution in [1.29, 1.82) is 0 Å². The largest absolute Gasteiger partial charge is 0.480 e. The van der Waals surface area contributed by atoms with Gasteiger partial charge in [0.25, 0.3) is 0 Å². The van der Waals surface area contributed by atoms with E-state index in [1.54, 1.807) is 0 Å². The van der Waals surface area contributed by atoms with Crippen molar-refractivity contribution in [2.45, 2.75) is 12.8 Å². The van der Waals surface area contributed by atoms with Gasteiger partial charge in [-0.3, -0.25) is 4.79 Å². The van der Waals surface area contributed by atoms with Gasteiger partial charge in [-0.15, -0.1) is 0 Å². The Balaban J connectivity index is 1.93. The molecule has 0 fully saturated rings. The summed E-state index contributed by atoms with van der Waals surface area (Å²) in [5, 5.41) is 10.6. The van der Waals surface area contributed by atoms with E-state index in [9.17, 15) is 9.59 Å². The van der Waals surface area contributed by atoms with Crippen LogP contribution in [-0.4, -0.2) is 30.1 Å². The summed E-state index contributed by atoms with van der Waals surface area (Å²) in [6.45, 7) is -0.655. The van der Waals surface area contributed by atoms with E-state index in [0.717, 1.165) is 18.2 Å². The van der Waals surface area contributed by atoms with E-state index in [1.165, 1.54) is 16.5 Å². The Morgan fingerprint density at radius 2 is 1.80 bits per heavy atom. The van der Waals surface area contributed by atoms with Crippen LogP contribution < -0.4 is 0 Å². The van der Waals surface area contributed by atoms with Gasteiger partial charge in [-0.2, -0.15) is 0 Å². The summed E-state index contributed by atoms with van der Waals surface area (Å²) >= 11 is 0. The van der Waals surface area contributed by atoms with E-state index in [-0.39, 0.29) is 12.4 Å². The van der Waals surface area contributed by atoms with Crippen LogP contribution in [0.2, 0.25) is 0 Å². The molecule has 4 heteroatoms. The van der Waals surface area contributed by atoms with Crippen molar-refractivity contribution in [3.05, 3.63) is 47.0 Å². The molecule has 0 aromatic heterocycles. The predicted molar refractivity (Wildman–Crippen MR) is 74.1 cm³/mol. The fourth-order valence-corrected chi connectivity index (χ4v) is 2.80. The molecule has 0 saturated carbocycles. The van der Waals surface area contributed by atoms with E-state index in [1.807, 2.05) is 24.3 Å². The average Bonchev–Trinajstić information content (AvgIpc) is 2.84. The zero-order valence-corrected chi connectivity index (χ0v) is 10.9. The Hall–Kier alpha value is -2.20. The Bertz CT molecular complexity index is 693. The van der Waals surface area contributed by atoms with E-state index in [2.05, 4.69) is 6.07 Å².